The molecule has 0 aliphatic heterocycles. The van der Waals surface area contributed by atoms with E-state index >= 15 is 0 Å². The molecule has 0 saturated heterocycles. The highest BCUT2D eigenvalue weighted by atomic mass is 16.5. The van der Waals surface area contributed by atoms with Gasteiger partial charge in [0.05, 0.1) is 13.0 Å². The van der Waals surface area contributed by atoms with E-state index in [2.05, 4.69) is 10.1 Å². The first-order chi connectivity index (χ1) is 5.16. The van der Waals surface area contributed by atoms with Crippen molar-refractivity contribution in [1.82, 2.24) is 5.32 Å². The lowest BCUT2D eigenvalue weighted by molar-refractivity contribution is -0.138. The van der Waals surface area contributed by atoms with Gasteiger partial charge in [-0.2, -0.15) is 0 Å². The van der Waals surface area contributed by atoms with Crippen LogP contribution in [-0.2, 0) is 14.3 Å². The predicted molar refractivity (Wildman–Crippen MR) is 36.1 cm³/mol. The van der Waals surface area contributed by atoms with Crippen molar-refractivity contribution in [1.29, 1.82) is 0 Å². The van der Waals surface area contributed by atoms with Crippen LogP contribution in [0.4, 0.5) is 0 Å². The molecule has 5 heteroatoms. The monoisotopic (exact) mass is 160 g/mol. The van der Waals surface area contributed by atoms with E-state index in [0.717, 1.165) is 0 Å². The molecule has 1 N–H and O–H groups in total. The number of carboxylic acids is 1. The third kappa shape index (κ3) is 6.79. The van der Waals surface area contributed by atoms with Gasteiger partial charge in [-0.1, -0.05) is 0 Å². The molecule has 11 heavy (non-hydrogen) atoms. The van der Waals surface area contributed by atoms with Crippen LogP contribution in [0.5, 0.6) is 0 Å². The first-order valence-corrected chi connectivity index (χ1v) is 3.08. The molecule has 0 rings (SSSR count). The van der Waals surface area contributed by atoms with E-state index in [0.29, 0.717) is 0 Å². The summed E-state index contributed by atoms with van der Waals surface area (Å²) in [5.74, 6) is -1.54. The normalized spacial score (nSPS) is 9.18. The standard InChI is InChI=1S/C6H10NO4/c1-11-3-2-5(8)7-4-6(9)10/h2-4H2,1H3,(H,9,10). The maximum absolute atomic E-state index is 10.6. The number of methoxy groups -OCH3 is 1. The fourth-order valence-corrected chi connectivity index (χ4v) is 0.424. The van der Waals surface area contributed by atoms with Crippen LogP contribution in [0, 0.1) is 0 Å². The molecule has 0 unspecified atom stereocenters. The summed E-state index contributed by atoms with van der Waals surface area (Å²) in [6, 6.07) is 0. The largest absolute Gasteiger partial charge is 0.480 e. The van der Waals surface area contributed by atoms with E-state index in [1.54, 1.807) is 0 Å². The maximum atomic E-state index is 10.6. The summed E-state index contributed by atoms with van der Waals surface area (Å²) in [5, 5.41) is 11.4. The third-order valence-electron chi connectivity index (χ3n) is 0.911. The molecule has 1 amide bonds. The fraction of sp³-hybridized carbons (Fsp3) is 0.667. The molecule has 63 valence electrons. The van der Waals surface area contributed by atoms with E-state index in [9.17, 15) is 9.59 Å². The lowest BCUT2D eigenvalue weighted by atomic mass is 10.4. The number of rotatable bonds is 5. The highest BCUT2D eigenvalue weighted by Crippen LogP contribution is 1.81. The lowest BCUT2D eigenvalue weighted by Gasteiger charge is -1.97. The van der Waals surface area contributed by atoms with E-state index in [-0.39, 0.29) is 13.0 Å². The van der Waals surface area contributed by atoms with Crippen molar-refractivity contribution in [2.45, 2.75) is 6.42 Å². The highest BCUT2D eigenvalue weighted by molar-refractivity contribution is 5.80. The minimum atomic E-state index is -1.10. The Balaban J connectivity index is 3.30. The van der Waals surface area contributed by atoms with Crippen molar-refractivity contribution in [3.8, 4) is 0 Å². The van der Waals surface area contributed by atoms with Gasteiger partial charge in [-0.25, -0.2) is 5.32 Å². The SMILES string of the molecule is COCCC(=O)[N]CC(=O)O. The van der Waals surface area contributed by atoms with Crippen LogP contribution < -0.4 is 5.32 Å². The first kappa shape index (κ1) is 9.90. The Morgan fingerprint density at radius 1 is 1.55 bits per heavy atom. The second-order valence-electron chi connectivity index (χ2n) is 1.85. The molecule has 0 aromatic rings. The molecule has 0 fully saturated rings. The quantitative estimate of drug-likeness (QED) is 0.573. The second-order valence-corrected chi connectivity index (χ2v) is 1.85. The number of nitrogens with zero attached hydrogens (tertiary/aromatic N) is 1. The highest BCUT2D eigenvalue weighted by Gasteiger charge is 2.04. The number of ether oxygens (including phenoxy) is 1. The number of aliphatic carboxylic acids is 1. The topological polar surface area (TPSA) is 77.7 Å². The van der Waals surface area contributed by atoms with Gasteiger partial charge in [0.2, 0.25) is 5.91 Å². The van der Waals surface area contributed by atoms with Crippen LogP contribution in [0.2, 0.25) is 0 Å². The van der Waals surface area contributed by atoms with Crippen LogP contribution in [0.1, 0.15) is 6.42 Å². The molecular weight excluding hydrogens is 150 g/mol. The molecule has 0 bridgehead atoms. The van der Waals surface area contributed by atoms with Gasteiger partial charge < -0.3 is 9.84 Å². The van der Waals surface area contributed by atoms with Crippen LogP contribution in [0.25, 0.3) is 0 Å². The van der Waals surface area contributed by atoms with E-state index in [1.807, 2.05) is 0 Å². The Bertz CT molecular complexity index is 146. The summed E-state index contributed by atoms with van der Waals surface area (Å²) >= 11 is 0. The number of hydrogen-bond acceptors (Lipinski definition) is 3. The fourth-order valence-electron chi connectivity index (χ4n) is 0.424. The van der Waals surface area contributed by atoms with Crippen molar-refractivity contribution in [3.63, 3.8) is 0 Å². The van der Waals surface area contributed by atoms with Gasteiger partial charge in [-0.05, 0) is 0 Å². The zero-order valence-corrected chi connectivity index (χ0v) is 6.24. The smallest absolute Gasteiger partial charge is 0.325 e. The zero-order valence-electron chi connectivity index (χ0n) is 6.24. The summed E-state index contributed by atoms with van der Waals surface area (Å²) < 4.78 is 4.59. The number of amides is 1. The van der Waals surface area contributed by atoms with Gasteiger partial charge in [0.15, 0.2) is 0 Å². The summed E-state index contributed by atoms with van der Waals surface area (Å²) in [7, 11) is 1.46. The van der Waals surface area contributed by atoms with E-state index < -0.39 is 18.4 Å². The van der Waals surface area contributed by atoms with Gasteiger partial charge in [0.25, 0.3) is 0 Å². The summed E-state index contributed by atoms with van der Waals surface area (Å²) in [6.45, 7) is -0.176. The molecule has 0 aliphatic carbocycles. The number of carboxylic acid groups (broad SMARTS) is 1. The van der Waals surface area contributed by atoms with Crippen molar-refractivity contribution >= 4 is 11.9 Å². The lowest BCUT2D eigenvalue weighted by Crippen LogP contribution is -2.23. The Morgan fingerprint density at radius 2 is 2.18 bits per heavy atom. The zero-order chi connectivity index (χ0) is 8.69. The van der Waals surface area contributed by atoms with Gasteiger partial charge >= 0.3 is 5.97 Å². The van der Waals surface area contributed by atoms with Crippen LogP contribution in [0.3, 0.4) is 0 Å². The van der Waals surface area contributed by atoms with Crippen LogP contribution in [-0.4, -0.2) is 37.2 Å². The Hall–Kier alpha value is -1.10. The molecule has 0 saturated carbocycles. The molecule has 0 atom stereocenters. The molecular formula is C6H10NO4. The molecule has 5 nitrogen and oxygen atoms in total. The van der Waals surface area contributed by atoms with Crippen LogP contribution in [0.15, 0.2) is 0 Å². The molecule has 0 aromatic carbocycles. The number of hydrogen-bond donors (Lipinski definition) is 1. The first-order valence-electron chi connectivity index (χ1n) is 3.08. The summed E-state index contributed by atoms with van der Waals surface area (Å²) in [5.41, 5.74) is 0. The maximum Gasteiger partial charge on any atom is 0.325 e. The Labute approximate surface area is 64.3 Å². The molecule has 1 radical (unpaired) electrons. The molecule has 0 aromatic heterocycles. The van der Waals surface area contributed by atoms with Gasteiger partial charge in [-0.15, -0.1) is 0 Å². The molecule has 0 aliphatic rings. The van der Waals surface area contributed by atoms with Crippen molar-refractivity contribution in [2.75, 3.05) is 20.3 Å². The van der Waals surface area contributed by atoms with Gasteiger partial charge in [0, 0.05) is 7.11 Å². The van der Waals surface area contributed by atoms with Gasteiger partial charge in [-0.3, -0.25) is 9.59 Å². The summed E-state index contributed by atoms with van der Waals surface area (Å²) in [6.07, 6.45) is 0.143. The van der Waals surface area contributed by atoms with Crippen molar-refractivity contribution in [3.05, 3.63) is 0 Å². The number of carbonyl (C=O) groups excluding carboxylic acids is 1. The molecule has 0 spiro atoms. The van der Waals surface area contributed by atoms with Crippen molar-refractivity contribution in [2.24, 2.45) is 0 Å². The Kier molecular flexibility index (Phi) is 5.10. The minimum Gasteiger partial charge on any atom is -0.480 e. The van der Waals surface area contributed by atoms with Gasteiger partial charge in [0.1, 0.15) is 6.54 Å². The number of carbonyl (C=O) groups is 2. The minimum absolute atomic E-state index is 0.143. The van der Waals surface area contributed by atoms with Crippen LogP contribution >= 0.6 is 0 Å². The van der Waals surface area contributed by atoms with Crippen molar-refractivity contribution < 1.29 is 19.4 Å². The van der Waals surface area contributed by atoms with E-state index in [1.165, 1.54) is 7.11 Å². The molecule has 0 heterocycles. The second kappa shape index (κ2) is 5.67. The Morgan fingerprint density at radius 3 is 2.64 bits per heavy atom. The predicted octanol–water partition coefficient (Wildman–Crippen LogP) is -0.761. The summed E-state index contributed by atoms with van der Waals surface area (Å²) in [4.78, 5) is 20.5. The average molecular weight is 160 g/mol. The third-order valence-corrected chi connectivity index (χ3v) is 0.911. The van der Waals surface area contributed by atoms with E-state index in [4.69, 9.17) is 5.11 Å². The average Bonchev–Trinajstić information content (AvgIpc) is 1.97.